The van der Waals surface area contributed by atoms with E-state index < -0.39 is 17.5 Å². The topological polar surface area (TPSA) is 38.9 Å². The monoisotopic (exact) mass is 240 g/mol. The van der Waals surface area contributed by atoms with E-state index in [1.165, 1.54) is 6.07 Å². The second kappa shape index (κ2) is 3.91. The van der Waals surface area contributed by atoms with Crippen LogP contribution in [0.2, 0.25) is 0 Å². The molecule has 2 aromatic rings. The van der Waals surface area contributed by atoms with Crippen molar-refractivity contribution in [3.05, 3.63) is 35.1 Å². The largest absolute Gasteiger partial charge is 0.383 e. The molecule has 2 nitrogen and oxygen atoms in total. The molecule has 0 fully saturated rings. The Morgan fingerprint density at radius 1 is 1.12 bits per heavy atom. The molecule has 17 heavy (non-hydrogen) atoms. The van der Waals surface area contributed by atoms with Gasteiger partial charge in [-0.15, -0.1) is 0 Å². The minimum atomic E-state index is -1.49. The van der Waals surface area contributed by atoms with Crippen molar-refractivity contribution >= 4 is 16.7 Å². The molecule has 0 radical (unpaired) electrons. The highest BCUT2D eigenvalue weighted by Gasteiger charge is 2.17. The number of pyridine rings is 1. The van der Waals surface area contributed by atoms with Gasteiger partial charge in [-0.2, -0.15) is 0 Å². The Balaban J connectivity index is 2.85. The number of nitrogens with two attached hydrogens (primary N) is 1. The van der Waals surface area contributed by atoms with E-state index in [4.69, 9.17) is 5.73 Å². The summed E-state index contributed by atoms with van der Waals surface area (Å²) in [6.07, 6.45) is 0. The van der Waals surface area contributed by atoms with Crippen molar-refractivity contribution < 1.29 is 13.2 Å². The maximum Gasteiger partial charge on any atom is 0.195 e. The third-order valence-electron chi connectivity index (χ3n) is 2.64. The minimum Gasteiger partial charge on any atom is -0.383 e. The van der Waals surface area contributed by atoms with Crippen LogP contribution in [0.4, 0.5) is 19.0 Å². The van der Waals surface area contributed by atoms with Crippen molar-refractivity contribution in [3.8, 4) is 0 Å². The number of anilines is 1. The summed E-state index contributed by atoms with van der Waals surface area (Å²) in [5.74, 6) is -3.75. The average Bonchev–Trinajstić information content (AvgIpc) is 2.25. The fourth-order valence-corrected chi connectivity index (χ4v) is 1.71. The third kappa shape index (κ3) is 1.81. The predicted octanol–water partition coefficient (Wildman–Crippen LogP) is 3.36. The predicted molar refractivity (Wildman–Crippen MR) is 60.1 cm³/mol. The molecule has 0 amide bonds. The van der Waals surface area contributed by atoms with Gasteiger partial charge in [-0.3, -0.25) is 0 Å². The number of hydrogen-bond acceptors (Lipinski definition) is 2. The van der Waals surface area contributed by atoms with Gasteiger partial charge in [-0.05, 0) is 17.5 Å². The second-order valence-electron chi connectivity index (χ2n) is 4.17. The molecule has 0 saturated carbocycles. The number of nitrogens with zero attached hydrogens (tertiary/aromatic N) is 1. The lowest BCUT2D eigenvalue weighted by molar-refractivity contribution is 0.453. The molecule has 0 aliphatic carbocycles. The Morgan fingerprint density at radius 2 is 1.76 bits per heavy atom. The van der Waals surface area contributed by atoms with Crippen molar-refractivity contribution in [2.75, 3.05) is 5.73 Å². The van der Waals surface area contributed by atoms with Gasteiger partial charge < -0.3 is 5.73 Å². The summed E-state index contributed by atoms with van der Waals surface area (Å²) in [4.78, 5) is 3.89. The van der Waals surface area contributed by atoms with Gasteiger partial charge in [0, 0.05) is 11.5 Å². The van der Waals surface area contributed by atoms with Crippen LogP contribution >= 0.6 is 0 Å². The van der Waals surface area contributed by atoms with Crippen molar-refractivity contribution in [1.29, 1.82) is 0 Å². The van der Waals surface area contributed by atoms with Crippen LogP contribution in [0.3, 0.4) is 0 Å². The van der Waals surface area contributed by atoms with E-state index in [2.05, 4.69) is 4.98 Å². The zero-order chi connectivity index (χ0) is 12.7. The fourth-order valence-electron chi connectivity index (χ4n) is 1.71. The standard InChI is InChI=1S/C12H11F3N2/c1-5(2)6-3-7-9(17-12(6)16)4-8(13)11(15)10(7)14/h3-5H,1-2H3,(H2,16,17). The number of nitrogen functional groups attached to an aromatic ring is 1. The zero-order valence-electron chi connectivity index (χ0n) is 9.39. The Hall–Kier alpha value is -1.78. The number of benzene rings is 1. The van der Waals surface area contributed by atoms with Gasteiger partial charge in [-0.25, -0.2) is 18.2 Å². The molecular weight excluding hydrogens is 229 g/mol. The normalized spacial score (nSPS) is 11.4. The molecule has 0 unspecified atom stereocenters. The highest BCUT2D eigenvalue weighted by molar-refractivity contribution is 5.82. The molecule has 0 saturated heterocycles. The molecular formula is C12H11F3N2. The lowest BCUT2D eigenvalue weighted by Gasteiger charge is -2.11. The first-order valence-corrected chi connectivity index (χ1v) is 5.15. The van der Waals surface area contributed by atoms with Gasteiger partial charge >= 0.3 is 0 Å². The summed E-state index contributed by atoms with van der Waals surface area (Å²) in [6.45, 7) is 3.72. The Labute approximate surface area is 96.3 Å². The molecule has 0 aliphatic rings. The number of fused-ring (bicyclic) bond motifs is 1. The molecule has 1 aromatic heterocycles. The SMILES string of the molecule is CC(C)c1cc2c(F)c(F)c(F)cc2nc1N. The number of aromatic nitrogens is 1. The summed E-state index contributed by atoms with van der Waals surface area (Å²) in [5.41, 5.74) is 6.31. The molecule has 0 bridgehead atoms. The summed E-state index contributed by atoms with van der Waals surface area (Å²) >= 11 is 0. The molecule has 0 atom stereocenters. The van der Waals surface area contributed by atoms with Crippen molar-refractivity contribution in [2.24, 2.45) is 0 Å². The van der Waals surface area contributed by atoms with Crippen LogP contribution in [0.25, 0.3) is 10.9 Å². The van der Waals surface area contributed by atoms with Crippen LogP contribution in [0.1, 0.15) is 25.3 Å². The van der Waals surface area contributed by atoms with E-state index in [1.54, 1.807) is 0 Å². The highest BCUT2D eigenvalue weighted by Crippen LogP contribution is 2.28. The summed E-state index contributed by atoms with van der Waals surface area (Å²) in [5, 5.41) is -0.0539. The van der Waals surface area contributed by atoms with Crippen LogP contribution in [0, 0.1) is 17.5 Å². The van der Waals surface area contributed by atoms with E-state index in [-0.39, 0.29) is 22.6 Å². The molecule has 1 aromatic carbocycles. The van der Waals surface area contributed by atoms with Gasteiger partial charge in [0.05, 0.1) is 5.52 Å². The summed E-state index contributed by atoms with van der Waals surface area (Å²) in [7, 11) is 0. The molecule has 5 heteroatoms. The Kier molecular flexibility index (Phi) is 2.69. The van der Waals surface area contributed by atoms with Gasteiger partial charge in [0.15, 0.2) is 17.5 Å². The summed E-state index contributed by atoms with van der Waals surface area (Å²) < 4.78 is 39.6. The van der Waals surface area contributed by atoms with Crippen molar-refractivity contribution in [2.45, 2.75) is 19.8 Å². The van der Waals surface area contributed by atoms with Gasteiger partial charge in [0.25, 0.3) is 0 Å². The minimum absolute atomic E-state index is 0.0169. The molecule has 2 rings (SSSR count). The van der Waals surface area contributed by atoms with Crippen molar-refractivity contribution in [3.63, 3.8) is 0 Å². The molecule has 0 spiro atoms. The molecule has 90 valence electrons. The number of rotatable bonds is 1. The van der Waals surface area contributed by atoms with E-state index in [0.29, 0.717) is 5.56 Å². The second-order valence-corrected chi connectivity index (χ2v) is 4.17. The lowest BCUT2D eigenvalue weighted by Crippen LogP contribution is -2.02. The molecule has 0 aliphatic heterocycles. The van der Waals surface area contributed by atoms with Crippen LogP contribution in [-0.2, 0) is 0 Å². The van der Waals surface area contributed by atoms with Crippen LogP contribution in [0.5, 0.6) is 0 Å². The Morgan fingerprint density at radius 3 is 2.35 bits per heavy atom. The van der Waals surface area contributed by atoms with Crippen LogP contribution in [0.15, 0.2) is 12.1 Å². The maximum absolute atomic E-state index is 13.5. The fraction of sp³-hybridized carbons (Fsp3) is 0.250. The first-order chi connectivity index (χ1) is 7.91. The number of hydrogen-bond donors (Lipinski definition) is 1. The van der Waals surface area contributed by atoms with Crippen LogP contribution < -0.4 is 5.73 Å². The zero-order valence-corrected chi connectivity index (χ0v) is 9.39. The summed E-state index contributed by atoms with van der Waals surface area (Å²) in [6, 6.07) is 2.26. The Bertz CT molecular complexity index is 594. The smallest absolute Gasteiger partial charge is 0.195 e. The van der Waals surface area contributed by atoms with Gasteiger partial charge in [0.2, 0.25) is 0 Å². The third-order valence-corrected chi connectivity index (χ3v) is 2.64. The van der Waals surface area contributed by atoms with Gasteiger partial charge in [0.1, 0.15) is 5.82 Å². The number of halogens is 3. The molecule has 1 heterocycles. The van der Waals surface area contributed by atoms with Gasteiger partial charge in [-0.1, -0.05) is 13.8 Å². The lowest BCUT2D eigenvalue weighted by atomic mass is 10.0. The van der Waals surface area contributed by atoms with Crippen LogP contribution in [-0.4, -0.2) is 4.98 Å². The molecule has 2 N–H and O–H groups in total. The maximum atomic E-state index is 13.5. The van der Waals surface area contributed by atoms with E-state index in [9.17, 15) is 13.2 Å². The van der Waals surface area contributed by atoms with E-state index in [1.807, 2.05) is 13.8 Å². The van der Waals surface area contributed by atoms with Crippen molar-refractivity contribution in [1.82, 2.24) is 4.98 Å². The van der Waals surface area contributed by atoms with E-state index in [0.717, 1.165) is 6.07 Å². The first kappa shape index (κ1) is 11.7. The average molecular weight is 240 g/mol. The first-order valence-electron chi connectivity index (χ1n) is 5.15. The highest BCUT2D eigenvalue weighted by atomic mass is 19.2. The quantitative estimate of drug-likeness (QED) is 0.776. The van der Waals surface area contributed by atoms with E-state index >= 15 is 0 Å².